The van der Waals surface area contributed by atoms with Crippen molar-refractivity contribution in [3.63, 3.8) is 0 Å². The average molecular weight is 274 g/mol. The number of ether oxygens (including phenoxy) is 1. The fourth-order valence-corrected chi connectivity index (χ4v) is 3.09. The molecule has 1 saturated carbocycles. The summed E-state index contributed by atoms with van der Waals surface area (Å²) in [5.74, 6) is 1.07. The molecule has 108 valence electrons. The van der Waals surface area contributed by atoms with Gasteiger partial charge in [0, 0.05) is 5.56 Å². The molecule has 0 radical (unpaired) electrons. The monoisotopic (exact) mass is 274 g/mol. The molecule has 4 heteroatoms. The second kappa shape index (κ2) is 6.74. The molecule has 1 aromatic rings. The number of aliphatic hydroxyl groups excluding tert-OH is 1. The molecule has 1 aromatic carbocycles. The summed E-state index contributed by atoms with van der Waals surface area (Å²) in [6.07, 6.45) is 3.93. The van der Waals surface area contributed by atoms with Crippen LogP contribution in [0.15, 0.2) is 24.3 Å². The second-order valence-corrected chi connectivity index (χ2v) is 5.33. The van der Waals surface area contributed by atoms with E-state index in [1.54, 1.807) is 0 Å². The third-order valence-corrected chi connectivity index (χ3v) is 4.33. The number of nitriles is 1. The van der Waals surface area contributed by atoms with Crippen molar-refractivity contribution in [1.82, 2.24) is 5.32 Å². The highest BCUT2D eigenvalue weighted by atomic mass is 16.5. The van der Waals surface area contributed by atoms with Crippen molar-refractivity contribution in [1.29, 1.82) is 5.26 Å². The SMILES string of the molecule is CNC1(C#N)CCCC1CCOc1ccccc1CO. The molecule has 0 heterocycles. The summed E-state index contributed by atoms with van der Waals surface area (Å²) in [7, 11) is 1.86. The highest BCUT2D eigenvalue weighted by Gasteiger charge is 2.41. The van der Waals surface area contributed by atoms with Crippen LogP contribution in [-0.4, -0.2) is 24.3 Å². The highest BCUT2D eigenvalue weighted by Crippen LogP contribution is 2.37. The molecule has 1 aliphatic carbocycles. The Kier molecular flexibility index (Phi) is 4.99. The molecular formula is C16H22N2O2. The standard InChI is InChI=1S/C16H22N2O2/c1-18-16(12-17)9-4-6-14(16)8-10-20-15-7-3-2-5-13(15)11-19/h2-3,5,7,14,18-19H,4,6,8-11H2,1H3. The quantitative estimate of drug-likeness (QED) is 0.835. The zero-order valence-corrected chi connectivity index (χ0v) is 11.9. The van der Waals surface area contributed by atoms with Crippen molar-refractivity contribution in [2.75, 3.05) is 13.7 Å². The summed E-state index contributed by atoms with van der Waals surface area (Å²) in [4.78, 5) is 0. The van der Waals surface area contributed by atoms with Crippen molar-refractivity contribution < 1.29 is 9.84 Å². The average Bonchev–Trinajstić information content (AvgIpc) is 2.91. The molecule has 2 unspecified atom stereocenters. The molecule has 0 amide bonds. The number of aliphatic hydroxyl groups is 1. The molecule has 1 aliphatic rings. The van der Waals surface area contributed by atoms with Crippen molar-refractivity contribution in [3.8, 4) is 11.8 Å². The molecular weight excluding hydrogens is 252 g/mol. The van der Waals surface area contributed by atoms with E-state index in [0.29, 0.717) is 12.5 Å². The first kappa shape index (κ1) is 14.8. The summed E-state index contributed by atoms with van der Waals surface area (Å²) in [5.41, 5.74) is 0.416. The van der Waals surface area contributed by atoms with E-state index in [2.05, 4.69) is 11.4 Å². The van der Waals surface area contributed by atoms with Crippen molar-refractivity contribution in [3.05, 3.63) is 29.8 Å². The number of rotatable bonds is 6. The number of hydrogen-bond donors (Lipinski definition) is 2. The fourth-order valence-electron chi connectivity index (χ4n) is 3.09. The van der Waals surface area contributed by atoms with Crippen LogP contribution in [0.3, 0.4) is 0 Å². The summed E-state index contributed by atoms with van der Waals surface area (Å²) in [6.45, 7) is 0.561. The number of benzene rings is 1. The summed E-state index contributed by atoms with van der Waals surface area (Å²) in [5, 5.41) is 21.8. The third kappa shape index (κ3) is 2.95. The van der Waals surface area contributed by atoms with Crippen LogP contribution in [0.4, 0.5) is 0 Å². The van der Waals surface area contributed by atoms with Crippen LogP contribution in [0, 0.1) is 17.2 Å². The van der Waals surface area contributed by atoms with E-state index >= 15 is 0 Å². The van der Waals surface area contributed by atoms with Gasteiger partial charge in [0.05, 0.1) is 19.3 Å². The van der Waals surface area contributed by atoms with Gasteiger partial charge in [0.25, 0.3) is 0 Å². The third-order valence-electron chi connectivity index (χ3n) is 4.33. The van der Waals surface area contributed by atoms with E-state index < -0.39 is 0 Å². The summed E-state index contributed by atoms with van der Waals surface area (Å²) >= 11 is 0. The maximum Gasteiger partial charge on any atom is 0.124 e. The predicted octanol–water partition coefficient (Wildman–Crippen LogP) is 2.23. The van der Waals surface area contributed by atoms with Gasteiger partial charge in [0.1, 0.15) is 11.3 Å². The van der Waals surface area contributed by atoms with Crippen LogP contribution in [0.2, 0.25) is 0 Å². The first-order chi connectivity index (χ1) is 9.75. The lowest BCUT2D eigenvalue weighted by molar-refractivity contribution is 0.229. The van der Waals surface area contributed by atoms with Gasteiger partial charge in [-0.05, 0) is 38.3 Å². The Balaban J connectivity index is 1.91. The Morgan fingerprint density at radius 2 is 2.30 bits per heavy atom. The van der Waals surface area contributed by atoms with Crippen molar-refractivity contribution in [2.45, 2.75) is 37.8 Å². The van der Waals surface area contributed by atoms with Crippen molar-refractivity contribution >= 4 is 0 Å². The Bertz CT molecular complexity index is 484. The fraction of sp³-hybridized carbons (Fsp3) is 0.562. The molecule has 4 nitrogen and oxygen atoms in total. The van der Waals surface area contributed by atoms with Gasteiger partial charge in [-0.15, -0.1) is 0 Å². The molecule has 0 bridgehead atoms. The van der Waals surface area contributed by atoms with Gasteiger partial charge < -0.3 is 15.2 Å². The molecule has 2 rings (SSSR count). The van der Waals surface area contributed by atoms with Gasteiger partial charge in [0.15, 0.2) is 0 Å². The van der Waals surface area contributed by atoms with Gasteiger partial charge in [-0.2, -0.15) is 5.26 Å². The summed E-state index contributed by atoms with van der Waals surface area (Å²) in [6, 6.07) is 9.96. The number of hydrogen-bond acceptors (Lipinski definition) is 4. The van der Waals surface area contributed by atoms with Crippen LogP contribution in [-0.2, 0) is 6.61 Å². The van der Waals surface area contributed by atoms with Crippen LogP contribution < -0.4 is 10.1 Å². The van der Waals surface area contributed by atoms with Crippen LogP contribution in [0.1, 0.15) is 31.2 Å². The van der Waals surface area contributed by atoms with Gasteiger partial charge in [-0.1, -0.05) is 24.6 Å². The minimum atomic E-state index is -0.389. The number of nitrogens with zero attached hydrogens (tertiary/aromatic N) is 1. The van der Waals surface area contributed by atoms with E-state index in [4.69, 9.17) is 4.74 Å². The predicted molar refractivity (Wildman–Crippen MR) is 77.2 cm³/mol. The molecule has 0 saturated heterocycles. The second-order valence-electron chi connectivity index (χ2n) is 5.33. The van der Waals surface area contributed by atoms with Gasteiger partial charge in [-0.3, -0.25) is 0 Å². The molecule has 0 aliphatic heterocycles. The van der Waals surface area contributed by atoms with Gasteiger partial charge in [-0.25, -0.2) is 0 Å². The highest BCUT2D eigenvalue weighted by molar-refractivity contribution is 5.32. The molecule has 2 N–H and O–H groups in total. The molecule has 1 fully saturated rings. The topological polar surface area (TPSA) is 65.3 Å². The van der Waals surface area contributed by atoms with Crippen molar-refractivity contribution in [2.24, 2.45) is 5.92 Å². The van der Waals surface area contributed by atoms with E-state index in [1.165, 1.54) is 0 Å². The molecule has 0 spiro atoms. The minimum absolute atomic E-state index is 0.0156. The van der Waals surface area contributed by atoms with E-state index in [1.807, 2.05) is 31.3 Å². The van der Waals surface area contributed by atoms with Crippen LogP contribution in [0.25, 0.3) is 0 Å². The number of nitrogens with one attached hydrogen (secondary N) is 1. The first-order valence-electron chi connectivity index (χ1n) is 7.17. The summed E-state index contributed by atoms with van der Waals surface area (Å²) < 4.78 is 5.78. The van der Waals surface area contributed by atoms with Gasteiger partial charge in [0.2, 0.25) is 0 Å². The Morgan fingerprint density at radius 1 is 1.50 bits per heavy atom. The lowest BCUT2D eigenvalue weighted by atomic mass is 9.86. The molecule has 0 aromatic heterocycles. The number of para-hydroxylation sites is 1. The molecule has 20 heavy (non-hydrogen) atoms. The van der Waals surface area contributed by atoms with E-state index in [9.17, 15) is 10.4 Å². The lowest BCUT2D eigenvalue weighted by Gasteiger charge is -2.28. The minimum Gasteiger partial charge on any atom is -0.493 e. The normalized spacial score (nSPS) is 25.4. The van der Waals surface area contributed by atoms with E-state index in [0.717, 1.165) is 37.0 Å². The van der Waals surface area contributed by atoms with E-state index in [-0.39, 0.29) is 12.1 Å². The smallest absolute Gasteiger partial charge is 0.124 e. The van der Waals surface area contributed by atoms with Crippen LogP contribution in [0.5, 0.6) is 5.75 Å². The molecule has 2 atom stereocenters. The largest absolute Gasteiger partial charge is 0.493 e. The maximum absolute atomic E-state index is 9.40. The Morgan fingerprint density at radius 3 is 3.00 bits per heavy atom. The van der Waals surface area contributed by atoms with Gasteiger partial charge >= 0.3 is 0 Å². The Hall–Kier alpha value is -1.57. The lowest BCUT2D eigenvalue weighted by Crippen LogP contribution is -2.45. The first-order valence-corrected chi connectivity index (χ1v) is 7.17. The Labute approximate surface area is 120 Å². The zero-order valence-electron chi connectivity index (χ0n) is 11.9. The zero-order chi connectivity index (χ0) is 14.4. The van der Waals surface area contributed by atoms with Crippen LogP contribution >= 0.6 is 0 Å². The maximum atomic E-state index is 9.40.